The standard InChI is InChI=1S/C20H22ClN5O4/c1-24-19(27)18(23)30-17(22)16(11-12-3-9-15(29-2)10-4-12)26-20(28)25-14-7-5-13(21)6-8-14/h3-10,16,22-23H,11H2,1-2H3,(H,24,27)(H2,25,26,28). The van der Waals surface area contributed by atoms with Crippen molar-refractivity contribution in [3.63, 3.8) is 0 Å². The molecule has 158 valence electrons. The largest absolute Gasteiger partial charge is 0.497 e. The number of hydrogen-bond acceptors (Lipinski definition) is 6. The second-order valence-corrected chi connectivity index (χ2v) is 6.52. The van der Waals surface area contributed by atoms with E-state index >= 15 is 0 Å². The van der Waals surface area contributed by atoms with Gasteiger partial charge in [0, 0.05) is 24.2 Å². The van der Waals surface area contributed by atoms with E-state index in [4.69, 9.17) is 31.9 Å². The number of nitrogens with one attached hydrogen (secondary N) is 5. The quantitative estimate of drug-likeness (QED) is 0.354. The molecule has 0 aliphatic carbocycles. The van der Waals surface area contributed by atoms with E-state index in [9.17, 15) is 9.59 Å². The first-order valence-corrected chi connectivity index (χ1v) is 9.23. The average molecular weight is 432 g/mol. The van der Waals surface area contributed by atoms with Gasteiger partial charge in [-0.3, -0.25) is 15.6 Å². The number of anilines is 1. The van der Waals surface area contributed by atoms with Crippen molar-refractivity contribution in [1.29, 1.82) is 10.8 Å². The van der Waals surface area contributed by atoms with Crippen molar-refractivity contribution >= 4 is 41.0 Å². The predicted molar refractivity (Wildman–Crippen MR) is 115 cm³/mol. The first-order chi connectivity index (χ1) is 14.3. The molecular weight excluding hydrogens is 410 g/mol. The van der Waals surface area contributed by atoms with Gasteiger partial charge in [0.1, 0.15) is 11.8 Å². The predicted octanol–water partition coefficient (Wildman–Crippen LogP) is 2.80. The topological polar surface area (TPSA) is 136 Å². The van der Waals surface area contributed by atoms with Crippen LogP contribution in [-0.4, -0.2) is 43.9 Å². The maximum absolute atomic E-state index is 12.4. The van der Waals surface area contributed by atoms with E-state index in [0.717, 1.165) is 5.56 Å². The van der Waals surface area contributed by atoms with Crippen LogP contribution in [-0.2, 0) is 16.0 Å². The summed E-state index contributed by atoms with van der Waals surface area (Å²) in [4.78, 5) is 23.9. The van der Waals surface area contributed by atoms with E-state index in [2.05, 4.69) is 16.0 Å². The number of ether oxygens (including phenoxy) is 2. The fourth-order valence-corrected chi connectivity index (χ4v) is 2.53. The minimum atomic E-state index is -0.935. The molecule has 0 aliphatic rings. The molecule has 2 aromatic rings. The van der Waals surface area contributed by atoms with Crippen molar-refractivity contribution < 1.29 is 19.1 Å². The van der Waals surface area contributed by atoms with Gasteiger partial charge in [0.15, 0.2) is 0 Å². The van der Waals surface area contributed by atoms with Crippen LogP contribution in [0.15, 0.2) is 48.5 Å². The molecule has 0 radical (unpaired) electrons. The van der Waals surface area contributed by atoms with Crippen LogP contribution in [0.1, 0.15) is 5.56 Å². The summed E-state index contributed by atoms with van der Waals surface area (Å²) in [7, 11) is 2.89. The molecule has 2 aromatic carbocycles. The normalized spacial score (nSPS) is 11.0. The number of benzene rings is 2. The van der Waals surface area contributed by atoms with Crippen LogP contribution in [0.3, 0.4) is 0 Å². The van der Waals surface area contributed by atoms with Crippen LogP contribution < -0.4 is 20.7 Å². The molecule has 0 saturated heterocycles. The fourth-order valence-electron chi connectivity index (χ4n) is 2.41. The number of amides is 3. The van der Waals surface area contributed by atoms with Crippen molar-refractivity contribution in [2.24, 2.45) is 0 Å². The van der Waals surface area contributed by atoms with E-state index in [1.165, 1.54) is 7.05 Å². The van der Waals surface area contributed by atoms with Crippen molar-refractivity contribution in [1.82, 2.24) is 10.6 Å². The van der Waals surface area contributed by atoms with Gasteiger partial charge >= 0.3 is 11.9 Å². The Bertz CT molecular complexity index is 916. The molecule has 5 N–H and O–H groups in total. The van der Waals surface area contributed by atoms with E-state index in [1.807, 2.05) is 0 Å². The van der Waals surface area contributed by atoms with Gasteiger partial charge in [0.05, 0.1) is 7.11 Å². The van der Waals surface area contributed by atoms with E-state index in [-0.39, 0.29) is 6.42 Å². The molecule has 0 spiro atoms. The van der Waals surface area contributed by atoms with Crippen molar-refractivity contribution in [2.45, 2.75) is 12.5 Å². The van der Waals surface area contributed by atoms with Crippen LogP contribution in [0.4, 0.5) is 10.5 Å². The van der Waals surface area contributed by atoms with Gasteiger partial charge in [0.2, 0.25) is 5.90 Å². The van der Waals surface area contributed by atoms with Crippen LogP contribution in [0, 0.1) is 10.8 Å². The van der Waals surface area contributed by atoms with Gasteiger partial charge in [-0.1, -0.05) is 23.7 Å². The molecule has 3 amide bonds. The number of carbonyl (C=O) groups is 2. The summed E-state index contributed by atoms with van der Waals surface area (Å²) in [6.07, 6.45) is 0.192. The van der Waals surface area contributed by atoms with Gasteiger partial charge in [-0.2, -0.15) is 0 Å². The lowest BCUT2D eigenvalue weighted by molar-refractivity contribution is -0.115. The molecular formula is C20H22ClN5O4. The Morgan fingerprint density at radius 1 is 1.07 bits per heavy atom. The Morgan fingerprint density at radius 3 is 2.27 bits per heavy atom. The maximum atomic E-state index is 12.4. The molecule has 0 aromatic heterocycles. The first kappa shape index (κ1) is 22.7. The fraction of sp³-hybridized carbons (Fsp3) is 0.200. The number of halogens is 1. The third kappa shape index (κ3) is 6.78. The Balaban J connectivity index is 2.12. The summed E-state index contributed by atoms with van der Waals surface area (Å²) < 4.78 is 10.1. The molecule has 0 aliphatic heterocycles. The highest BCUT2D eigenvalue weighted by molar-refractivity contribution is 6.35. The summed E-state index contributed by atoms with van der Waals surface area (Å²) in [5, 5.41) is 23.8. The van der Waals surface area contributed by atoms with Crippen molar-refractivity contribution in [3.05, 3.63) is 59.1 Å². The summed E-state index contributed by atoms with van der Waals surface area (Å²) >= 11 is 5.84. The number of rotatable bonds is 6. The summed E-state index contributed by atoms with van der Waals surface area (Å²) in [6, 6.07) is 12.0. The molecule has 0 fully saturated rings. The average Bonchev–Trinajstić information content (AvgIpc) is 2.74. The van der Waals surface area contributed by atoms with E-state index in [1.54, 1.807) is 55.6 Å². The highest BCUT2D eigenvalue weighted by Crippen LogP contribution is 2.15. The Kier molecular flexibility index (Phi) is 8.18. The van der Waals surface area contributed by atoms with Crippen LogP contribution in [0.25, 0.3) is 0 Å². The number of hydrogen-bond donors (Lipinski definition) is 5. The zero-order valence-electron chi connectivity index (χ0n) is 16.4. The van der Waals surface area contributed by atoms with Crippen LogP contribution in [0.2, 0.25) is 5.02 Å². The monoisotopic (exact) mass is 431 g/mol. The van der Waals surface area contributed by atoms with Crippen LogP contribution >= 0.6 is 11.6 Å². The molecule has 0 saturated carbocycles. The SMILES string of the molecule is CNC(=O)C(=N)OC(=N)C(Cc1ccc(OC)cc1)NC(=O)Nc1ccc(Cl)cc1. The van der Waals surface area contributed by atoms with Crippen molar-refractivity contribution in [2.75, 3.05) is 19.5 Å². The Labute approximate surface area is 178 Å². The molecule has 1 atom stereocenters. The van der Waals surface area contributed by atoms with Gasteiger partial charge in [-0.05, 0) is 42.0 Å². The van der Waals surface area contributed by atoms with Gasteiger partial charge in [-0.15, -0.1) is 0 Å². The zero-order chi connectivity index (χ0) is 22.1. The lowest BCUT2D eigenvalue weighted by Crippen LogP contribution is -2.46. The van der Waals surface area contributed by atoms with E-state index < -0.39 is 29.8 Å². The molecule has 30 heavy (non-hydrogen) atoms. The van der Waals surface area contributed by atoms with Gasteiger partial charge in [0.25, 0.3) is 5.90 Å². The third-order valence-electron chi connectivity index (χ3n) is 3.97. The summed E-state index contributed by atoms with van der Waals surface area (Å²) in [6.45, 7) is 0. The van der Waals surface area contributed by atoms with Gasteiger partial charge in [-0.25, -0.2) is 4.79 Å². The molecule has 9 nitrogen and oxygen atoms in total. The smallest absolute Gasteiger partial charge is 0.319 e. The lowest BCUT2D eigenvalue weighted by Gasteiger charge is -2.20. The second kappa shape index (κ2) is 10.8. The first-order valence-electron chi connectivity index (χ1n) is 8.85. The van der Waals surface area contributed by atoms with Gasteiger partial charge < -0.3 is 25.4 Å². The summed E-state index contributed by atoms with van der Waals surface area (Å²) in [5.41, 5.74) is 1.29. The molecule has 0 heterocycles. The second-order valence-electron chi connectivity index (χ2n) is 6.08. The highest BCUT2D eigenvalue weighted by Gasteiger charge is 2.23. The van der Waals surface area contributed by atoms with Crippen LogP contribution in [0.5, 0.6) is 5.75 Å². The number of carbonyl (C=O) groups excluding carboxylic acids is 2. The van der Waals surface area contributed by atoms with E-state index in [0.29, 0.717) is 16.5 Å². The minimum absolute atomic E-state index is 0.192. The number of methoxy groups -OCH3 is 1. The minimum Gasteiger partial charge on any atom is -0.497 e. The molecule has 0 bridgehead atoms. The molecule has 2 rings (SSSR count). The number of likely N-dealkylation sites (N-methyl/N-ethyl adjacent to an activating group) is 1. The Hall–Kier alpha value is -3.59. The van der Waals surface area contributed by atoms with Crippen molar-refractivity contribution in [3.8, 4) is 5.75 Å². The molecule has 10 heteroatoms. The number of urea groups is 1. The third-order valence-corrected chi connectivity index (χ3v) is 4.22. The lowest BCUT2D eigenvalue weighted by atomic mass is 10.1. The molecule has 1 unspecified atom stereocenters. The Morgan fingerprint density at radius 2 is 1.70 bits per heavy atom. The summed E-state index contributed by atoms with van der Waals surface area (Å²) in [5.74, 6) is -1.32. The maximum Gasteiger partial charge on any atom is 0.319 e. The highest BCUT2D eigenvalue weighted by atomic mass is 35.5. The zero-order valence-corrected chi connectivity index (χ0v) is 17.2.